The van der Waals surface area contributed by atoms with Crippen molar-refractivity contribution < 1.29 is 31.8 Å². The van der Waals surface area contributed by atoms with E-state index in [9.17, 15) is 22.4 Å². The third kappa shape index (κ3) is 8.14. The molecule has 2 unspecified atom stereocenters. The number of hydrogen-bond acceptors (Lipinski definition) is 3. The predicted octanol–water partition coefficient (Wildman–Crippen LogP) is 4.01. The Kier molecular flexibility index (Phi) is 8.49. The van der Waals surface area contributed by atoms with Crippen molar-refractivity contribution in [2.45, 2.75) is 64.6 Å². The summed E-state index contributed by atoms with van der Waals surface area (Å²) in [6.07, 6.45) is -9.01. The van der Waals surface area contributed by atoms with E-state index in [0.29, 0.717) is 0 Å². The van der Waals surface area contributed by atoms with Gasteiger partial charge >= 0.3 is 6.16 Å². The molecule has 2 atom stereocenters. The van der Waals surface area contributed by atoms with Crippen LogP contribution in [0, 0.1) is 0 Å². The molecule has 0 spiro atoms. The Morgan fingerprint density at radius 2 is 1.22 bits per heavy atom. The van der Waals surface area contributed by atoms with E-state index in [1.807, 2.05) is 0 Å². The van der Waals surface area contributed by atoms with Crippen molar-refractivity contribution >= 4 is 6.16 Å². The molecule has 0 aromatic carbocycles. The van der Waals surface area contributed by atoms with Crippen molar-refractivity contribution in [2.24, 2.45) is 0 Å². The van der Waals surface area contributed by atoms with Crippen molar-refractivity contribution in [2.75, 3.05) is 0 Å². The number of carbonyl (C=O) groups is 1. The molecule has 0 bridgehead atoms. The molecule has 0 aliphatic carbocycles. The van der Waals surface area contributed by atoms with E-state index in [-0.39, 0.29) is 12.8 Å². The van der Waals surface area contributed by atoms with Gasteiger partial charge in [-0.15, -0.1) is 0 Å². The third-order valence-electron chi connectivity index (χ3n) is 2.32. The Labute approximate surface area is 103 Å². The van der Waals surface area contributed by atoms with Gasteiger partial charge in [0.05, 0.1) is 0 Å². The van der Waals surface area contributed by atoms with Crippen molar-refractivity contribution in [3.05, 3.63) is 0 Å². The van der Waals surface area contributed by atoms with Gasteiger partial charge in [0.15, 0.2) is 0 Å². The fraction of sp³-hybridized carbons (Fsp3) is 0.909. The van der Waals surface area contributed by atoms with Crippen LogP contribution in [-0.2, 0) is 9.47 Å². The second-order valence-electron chi connectivity index (χ2n) is 3.80. The number of halogens is 4. The van der Waals surface area contributed by atoms with Crippen LogP contribution in [0.1, 0.15) is 39.5 Å². The van der Waals surface area contributed by atoms with Crippen LogP contribution in [0.2, 0.25) is 0 Å². The molecule has 0 fully saturated rings. The number of hydrogen-bond donors (Lipinski definition) is 0. The van der Waals surface area contributed by atoms with Gasteiger partial charge in [0.25, 0.3) is 0 Å². The van der Waals surface area contributed by atoms with Crippen LogP contribution < -0.4 is 0 Å². The molecule has 0 aliphatic heterocycles. The molecule has 0 saturated heterocycles. The van der Waals surface area contributed by atoms with Crippen LogP contribution >= 0.6 is 0 Å². The highest BCUT2D eigenvalue weighted by molar-refractivity contribution is 5.60. The van der Waals surface area contributed by atoms with Crippen LogP contribution in [0.3, 0.4) is 0 Å². The first-order chi connectivity index (χ1) is 8.38. The zero-order chi connectivity index (χ0) is 14.1. The van der Waals surface area contributed by atoms with Crippen molar-refractivity contribution in [1.29, 1.82) is 0 Å². The van der Waals surface area contributed by atoms with E-state index >= 15 is 0 Å². The summed E-state index contributed by atoms with van der Waals surface area (Å²) in [5, 5.41) is 0. The minimum Gasteiger partial charge on any atom is -0.431 e. The number of ether oxygens (including phenoxy) is 2. The SMILES string of the molecule is CCC(CC(F)F)OC(=O)OC(CC)CC(F)F. The van der Waals surface area contributed by atoms with Crippen molar-refractivity contribution in [3.8, 4) is 0 Å². The molecule has 0 aliphatic rings. The summed E-state index contributed by atoms with van der Waals surface area (Å²) in [6, 6.07) is 0. The van der Waals surface area contributed by atoms with Gasteiger partial charge in [-0.3, -0.25) is 0 Å². The molecule has 0 radical (unpaired) electrons. The van der Waals surface area contributed by atoms with E-state index in [1.54, 1.807) is 13.8 Å². The summed E-state index contributed by atoms with van der Waals surface area (Å²) in [5.74, 6) is 0. The second kappa shape index (κ2) is 8.99. The molecule has 0 aromatic heterocycles. The van der Waals surface area contributed by atoms with E-state index < -0.39 is 44.1 Å². The summed E-state index contributed by atoms with van der Waals surface area (Å²) in [4.78, 5) is 11.2. The van der Waals surface area contributed by atoms with Crippen LogP contribution in [0.25, 0.3) is 0 Å². The maximum absolute atomic E-state index is 12.1. The van der Waals surface area contributed by atoms with Crippen LogP contribution in [-0.4, -0.2) is 31.2 Å². The first-order valence-corrected chi connectivity index (χ1v) is 5.82. The van der Waals surface area contributed by atoms with Gasteiger partial charge < -0.3 is 9.47 Å². The van der Waals surface area contributed by atoms with E-state index in [1.165, 1.54) is 0 Å². The fourth-order valence-corrected chi connectivity index (χ4v) is 1.29. The van der Waals surface area contributed by atoms with Gasteiger partial charge in [-0.2, -0.15) is 0 Å². The lowest BCUT2D eigenvalue weighted by molar-refractivity contribution is -0.0333. The lowest BCUT2D eigenvalue weighted by Gasteiger charge is -2.19. The maximum Gasteiger partial charge on any atom is 0.508 e. The summed E-state index contributed by atoms with van der Waals surface area (Å²) < 4.78 is 57.6. The Morgan fingerprint density at radius 3 is 1.44 bits per heavy atom. The summed E-state index contributed by atoms with van der Waals surface area (Å²) in [5.41, 5.74) is 0. The van der Waals surface area contributed by atoms with E-state index in [4.69, 9.17) is 0 Å². The zero-order valence-electron chi connectivity index (χ0n) is 10.4. The van der Waals surface area contributed by atoms with Crippen molar-refractivity contribution in [3.63, 3.8) is 0 Å². The lowest BCUT2D eigenvalue weighted by atomic mass is 10.2. The molecular weight excluding hydrogens is 256 g/mol. The Morgan fingerprint density at radius 1 is 0.889 bits per heavy atom. The van der Waals surface area contributed by atoms with Crippen LogP contribution in [0.15, 0.2) is 0 Å². The Bertz CT molecular complexity index is 214. The monoisotopic (exact) mass is 274 g/mol. The number of rotatable bonds is 8. The molecule has 0 rings (SSSR count). The minimum absolute atomic E-state index is 0.213. The van der Waals surface area contributed by atoms with Gasteiger partial charge in [-0.25, -0.2) is 22.4 Å². The highest BCUT2D eigenvalue weighted by atomic mass is 19.3. The molecule has 0 N–H and O–H groups in total. The quantitative estimate of drug-likeness (QED) is 0.495. The first kappa shape index (κ1) is 17.0. The minimum atomic E-state index is -2.59. The topological polar surface area (TPSA) is 35.5 Å². The highest BCUT2D eigenvalue weighted by Gasteiger charge is 2.22. The first-order valence-electron chi connectivity index (χ1n) is 5.82. The highest BCUT2D eigenvalue weighted by Crippen LogP contribution is 2.15. The largest absolute Gasteiger partial charge is 0.508 e. The van der Waals surface area contributed by atoms with Crippen LogP contribution in [0.4, 0.5) is 22.4 Å². The van der Waals surface area contributed by atoms with Gasteiger partial charge in [-0.1, -0.05) is 13.8 Å². The molecule has 0 saturated carbocycles. The second-order valence-corrected chi connectivity index (χ2v) is 3.80. The molecule has 3 nitrogen and oxygen atoms in total. The van der Waals surface area contributed by atoms with Crippen molar-refractivity contribution in [1.82, 2.24) is 0 Å². The van der Waals surface area contributed by atoms with Gasteiger partial charge in [0, 0.05) is 12.8 Å². The molecule has 0 heterocycles. The lowest BCUT2D eigenvalue weighted by Crippen LogP contribution is -2.25. The van der Waals surface area contributed by atoms with E-state index in [2.05, 4.69) is 9.47 Å². The molecule has 0 amide bonds. The molecule has 7 heteroatoms. The summed E-state index contributed by atoms with van der Waals surface area (Å²) in [6.45, 7) is 3.16. The standard InChI is InChI=1S/C11H18F4O3/c1-3-7(5-9(12)13)17-11(16)18-8(4-2)6-10(14)15/h7-10H,3-6H2,1-2H3. The number of carbonyl (C=O) groups excluding carboxylic acids is 1. The normalized spacial score (nSPS) is 14.7. The summed E-state index contributed by atoms with van der Waals surface area (Å²) in [7, 11) is 0. The average molecular weight is 274 g/mol. The van der Waals surface area contributed by atoms with Crippen LogP contribution in [0.5, 0.6) is 0 Å². The van der Waals surface area contributed by atoms with Gasteiger partial charge in [0.2, 0.25) is 12.9 Å². The maximum atomic E-state index is 12.1. The number of alkyl halides is 4. The zero-order valence-corrected chi connectivity index (χ0v) is 10.4. The molecule has 108 valence electrons. The Hall–Kier alpha value is -1.01. The third-order valence-corrected chi connectivity index (χ3v) is 2.32. The Balaban J connectivity index is 4.13. The van der Waals surface area contributed by atoms with E-state index in [0.717, 1.165) is 0 Å². The predicted molar refractivity (Wildman–Crippen MR) is 57.0 cm³/mol. The van der Waals surface area contributed by atoms with Gasteiger partial charge in [0.1, 0.15) is 12.2 Å². The molecule has 0 aromatic rings. The molecular formula is C11H18F4O3. The fourth-order valence-electron chi connectivity index (χ4n) is 1.29. The molecule has 18 heavy (non-hydrogen) atoms. The average Bonchev–Trinajstić information content (AvgIpc) is 2.25. The van der Waals surface area contributed by atoms with Gasteiger partial charge in [-0.05, 0) is 12.8 Å². The summed E-state index contributed by atoms with van der Waals surface area (Å²) >= 11 is 0. The smallest absolute Gasteiger partial charge is 0.431 e.